The fourth-order valence-corrected chi connectivity index (χ4v) is 4.55. The van der Waals surface area contributed by atoms with Crippen molar-refractivity contribution >= 4 is 27.3 Å². The molecule has 94 valence electrons. The van der Waals surface area contributed by atoms with Crippen LogP contribution < -0.4 is 0 Å². The van der Waals surface area contributed by atoms with E-state index in [1.165, 1.54) is 6.07 Å². The molecule has 2 atom stereocenters. The van der Waals surface area contributed by atoms with Gasteiger partial charge in [-0.3, -0.25) is 4.79 Å². The second kappa shape index (κ2) is 4.37. The van der Waals surface area contributed by atoms with Gasteiger partial charge in [0, 0.05) is 13.0 Å². The van der Waals surface area contributed by atoms with Gasteiger partial charge in [-0.1, -0.05) is 6.07 Å². The zero-order chi connectivity index (χ0) is 12.6. The average molecular weight is 277 g/mol. The summed E-state index contributed by atoms with van der Waals surface area (Å²) >= 11 is 1.03. The van der Waals surface area contributed by atoms with Gasteiger partial charge in [0.05, 0.1) is 6.10 Å². The van der Waals surface area contributed by atoms with Crippen molar-refractivity contribution < 1.29 is 23.4 Å². The quantitative estimate of drug-likeness (QED) is 0.808. The molecule has 0 radical (unpaired) electrons. The number of rotatable bonds is 3. The van der Waals surface area contributed by atoms with Crippen LogP contribution in [0.2, 0.25) is 0 Å². The molecule has 1 saturated heterocycles. The molecule has 1 fully saturated rings. The van der Waals surface area contributed by atoms with Gasteiger partial charge in [0.15, 0.2) is 0 Å². The first-order valence-electron chi connectivity index (χ1n) is 4.89. The van der Waals surface area contributed by atoms with E-state index in [4.69, 9.17) is 5.11 Å². The predicted octanol–water partition coefficient (Wildman–Crippen LogP) is -0.0434. The Morgan fingerprint density at radius 1 is 1.53 bits per heavy atom. The molecule has 1 aliphatic rings. The highest BCUT2D eigenvalue weighted by Gasteiger charge is 2.43. The summed E-state index contributed by atoms with van der Waals surface area (Å²) < 4.78 is 25.2. The second-order valence-corrected chi connectivity index (χ2v) is 6.82. The lowest BCUT2D eigenvalue weighted by Crippen LogP contribution is -2.40. The Labute approximate surface area is 102 Å². The lowest BCUT2D eigenvalue weighted by atomic mass is 10.2. The Balaban J connectivity index is 2.36. The van der Waals surface area contributed by atoms with E-state index in [1.807, 2.05) is 0 Å². The number of sulfonamides is 1. The molecule has 0 spiro atoms. The third-order valence-electron chi connectivity index (χ3n) is 2.58. The normalized spacial score (nSPS) is 26.2. The molecule has 0 aromatic carbocycles. The van der Waals surface area contributed by atoms with Gasteiger partial charge >= 0.3 is 5.97 Å². The van der Waals surface area contributed by atoms with Crippen LogP contribution in [0.3, 0.4) is 0 Å². The number of thiophene rings is 1. The van der Waals surface area contributed by atoms with E-state index in [1.54, 1.807) is 11.4 Å². The minimum absolute atomic E-state index is 0.0695. The summed E-state index contributed by atoms with van der Waals surface area (Å²) in [6.45, 7) is -0.169. The van der Waals surface area contributed by atoms with Crippen LogP contribution in [0, 0.1) is 0 Å². The van der Waals surface area contributed by atoms with Crippen molar-refractivity contribution in [3.8, 4) is 0 Å². The molecular formula is C9H11NO5S2. The highest BCUT2D eigenvalue weighted by molar-refractivity contribution is 7.91. The molecule has 2 heterocycles. The monoisotopic (exact) mass is 277 g/mol. The molecule has 6 nitrogen and oxygen atoms in total. The molecule has 0 saturated carbocycles. The van der Waals surface area contributed by atoms with E-state index in [-0.39, 0.29) is 17.2 Å². The summed E-state index contributed by atoms with van der Waals surface area (Å²) in [5.41, 5.74) is 0. The van der Waals surface area contributed by atoms with Gasteiger partial charge < -0.3 is 10.2 Å². The molecule has 2 rings (SSSR count). The van der Waals surface area contributed by atoms with E-state index in [9.17, 15) is 18.3 Å². The number of hydrogen-bond acceptors (Lipinski definition) is 5. The number of carboxylic acid groups (broad SMARTS) is 1. The minimum Gasteiger partial charge on any atom is -0.480 e. The maximum absolute atomic E-state index is 12.1. The topological polar surface area (TPSA) is 94.9 Å². The molecule has 0 unspecified atom stereocenters. The summed E-state index contributed by atoms with van der Waals surface area (Å²) in [5, 5.41) is 20.0. The van der Waals surface area contributed by atoms with Crippen molar-refractivity contribution in [2.45, 2.75) is 22.8 Å². The maximum Gasteiger partial charge on any atom is 0.322 e. The first-order chi connectivity index (χ1) is 7.93. The molecule has 1 aromatic heterocycles. The van der Waals surface area contributed by atoms with Crippen molar-refractivity contribution in [3.63, 3.8) is 0 Å². The zero-order valence-electron chi connectivity index (χ0n) is 8.68. The molecule has 8 heteroatoms. The standard InChI is InChI=1S/C9H11NO5S2/c11-6-4-7(9(12)13)10(5-6)17(14,15)8-2-1-3-16-8/h1-3,6-7,11H,4-5H2,(H,12,13)/t6-,7-/m0/s1. The van der Waals surface area contributed by atoms with Gasteiger partial charge in [-0.15, -0.1) is 11.3 Å². The molecule has 1 aliphatic heterocycles. The number of hydrogen-bond donors (Lipinski definition) is 2. The van der Waals surface area contributed by atoms with Crippen LogP contribution in [0.25, 0.3) is 0 Å². The molecule has 0 amide bonds. The molecule has 0 bridgehead atoms. The number of aliphatic hydroxyl groups is 1. The molecule has 1 aromatic rings. The maximum atomic E-state index is 12.1. The number of carbonyl (C=O) groups is 1. The number of β-amino-alcohol motifs (C(OH)–C–C–N with tert-alkyl or cyclic N) is 1. The van der Waals surface area contributed by atoms with Gasteiger partial charge in [0.1, 0.15) is 10.3 Å². The summed E-state index contributed by atoms with van der Waals surface area (Å²) in [6, 6.07) is 1.82. The van der Waals surface area contributed by atoms with Crippen LogP contribution >= 0.6 is 11.3 Å². The Morgan fingerprint density at radius 2 is 2.24 bits per heavy atom. The van der Waals surface area contributed by atoms with Crippen LogP contribution in [-0.2, 0) is 14.8 Å². The van der Waals surface area contributed by atoms with Crippen molar-refractivity contribution in [3.05, 3.63) is 17.5 Å². The van der Waals surface area contributed by atoms with E-state index in [0.29, 0.717) is 0 Å². The average Bonchev–Trinajstić information content (AvgIpc) is 2.84. The van der Waals surface area contributed by atoms with Crippen LogP contribution in [0.5, 0.6) is 0 Å². The number of aliphatic carboxylic acids is 1. The first kappa shape index (κ1) is 12.5. The summed E-state index contributed by atoms with van der Waals surface area (Å²) in [5.74, 6) is -1.23. The van der Waals surface area contributed by atoms with Gasteiger partial charge in [-0.2, -0.15) is 4.31 Å². The number of carboxylic acids is 1. The fourth-order valence-electron chi connectivity index (χ4n) is 1.80. The third kappa shape index (κ3) is 2.21. The van der Waals surface area contributed by atoms with E-state index < -0.39 is 28.1 Å². The molecular weight excluding hydrogens is 266 g/mol. The third-order valence-corrected chi connectivity index (χ3v) is 5.82. The molecule has 17 heavy (non-hydrogen) atoms. The first-order valence-corrected chi connectivity index (χ1v) is 7.21. The highest BCUT2D eigenvalue weighted by atomic mass is 32.2. The van der Waals surface area contributed by atoms with Crippen molar-refractivity contribution in [1.29, 1.82) is 0 Å². The second-order valence-electron chi connectivity index (χ2n) is 3.75. The van der Waals surface area contributed by atoms with E-state index in [2.05, 4.69) is 0 Å². The summed E-state index contributed by atoms with van der Waals surface area (Å²) in [7, 11) is -3.81. The van der Waals surface area contributed by atoms with Crippen molar-refractivity contribution in [1.82, 2.24) is 4.31 Å². The van der Waals surface area contributed by atoms with Gasteiger partial charge in [-0.25, -0.2) is 8.42 Å². The highest BCUT2D eigenvalue weighted by Crippen LogP contribution is 2.28. The van der Waals surface area contributed by atoms with E-state index >= 15 is 0 Å². The fraction of sp³-hybridized carbons (Fsp3) is 0.444. The largest absolute Gasteiger partial charge is 0.480 e. The van der Waals surface area contributed by atoms with Crippen molar-refractivity contribution in [2.75, 3.05) is 6.54 Å². The van der Waals surface area contributed by atoms with Gasteiger partial charge in [0.25, 0.3) is 10.0 Å². The Kier molecular flexibility index (Phi) is 3.21. The number of aliphatic hydroxyl groups excluding tert-OH is 1. The van der Waals surface area contributed by atoms with E-state index in [0.717, 1.165) is 15.6 Å². The molecule has 0 aliphatic carbocycles. The Morgan fingerprint density at radius 3 is 2.76 bits per heavy atom. The van der Waals surface area contributed by atoms with Crippen LogP contribution in [0.1, 0.15) is 6.42 Å². The Bertz CT molecular complexity index is 509. The summed E-state index contributed by atoms with van der Waals surface area (Å²) in [4.78, 5) is 11.0. The minimum atomic E-state index is -3.81. The SMILES string of the molecule is O=C(O)[C@@H]1C[C@H](O)CN1S(=O)(=O)c1cccs1. The number of nitrogens with zero attached hydrogens (tertiary/aromatic N) is 1. The van der Waals surface area contributed by atoms with Gasteiger partial charge in [-0.05, 0) is 11.4 Å². The smallest absolute Gasteiger partial charge is 0.322 e. The van der Waals surface area contributed by atoms with Crippen LogP contribution in [0.15, 0.2) is 21.7 Å². The summed E-state index contributed by atoms with van der Waals surface area (Å²) in [6.07, 6.45) is -0.995. The van der Waals surface area contributed by atoms with Gasteiger partial charge in [0.2, 0.25) is 0 Å². The zero-order valence-corrected chi connectivity index (χ0v) is 10.3. The molecule has 2 N–H and O–H groups in total. The lowest BCUT2D eigenvalue weighted by molar-refractivity contribution is -0.140. The van der Waals surface area contributed by atoms with Crippen LogP contribution in [0.4, 0.5) is 0 Å². The van der Waals surface area contributed by atoms with Crippen LogP contribution in [-0.4, -0.2) is 47.6 Å². The predicted molar refractivity (Wildman–Crippen MR) is 60.3 cm³/mol. The lowest BCUT2D eigenvalue weighted by Gasteiger charge is -2.19. The van der Waals surface area contributed by atoms with Crippen molar-refractivity contribution in [2.24, 2.45) is 0 Å². The Hall–Kier alpha value is -0.960.